The molecule has 0 saturated carbocycles. The van der Waals surface area contributed by atoms with Crippen molar-refractivity contribution in [3.63, 3.8) is 0 Å². The predicted octanol–water partition coefficient (Wildman–Crippen LogP) is 2.71. The summed E-state index contributed by atoms with van der Waals surface area (Å²) in [5.74, 6) is -0.796. The molecule has 2 aromatic heterocycles. The number of anilines is 1. The van der Waals surface area contributed by atoms with E-state index in [0.717, 1.165) is 10.4 Å². The Hall–Kier alpha value is -2.91. The Labute approximate surface area is 158 Å². The topological polar surface area (TPSA) is 86.1 Å². The number of ether oxygens (including phenoxy) is 1. The van der Waals surface area contributed by atoms with E-state index in [4.69, 9.17) is 4.74 Å². The van der Waals surface area contributed by atoms with Crippen LogP contribution in [0.4, 0.5) is 9.52 Å². The summed E-state index contributed by atoms with van der Waals surface area (Å²) >= 11 is 1.30. The van der Waals surface area contributed by atoms with Crippen LogP contribution in [0.15, 0.2) is 41.2 Å². The minimum atomic E-state index is -0.472. The maximum absolute atomic E-state index is 13.1. The van der Waals surface area contributed by atoms with Gasteiger partial charge >= 0.3 is 0 Å². The van der Waals surface area contributed by atoms with Gasteiger partial charge in [0.05, 0.1) is 18.8 Å². The zero-order chi connectivity index (χ0) is 19.4. The summed E-state index contributed by atoms with van der Waals surface area (Å²) in [6.45, 7) is 2.43. The average molecular weight is 388 g/mol. The first-order valence-electron chi connectivity index (χ1n) is 8.10. The predicted molar refractivity (Wildman–Crippen MR) is 101 cm³/mol. The minimum absolute atomic E-state index is 0.0990. The molecule has 0 aliphatic rings. The first-order chi connectivity index (χ1) is 13.0. The molecule has 1 aromatic carbocycles. The molecule has 0 fully saturated rings. The van der Waals surface area contributed by atoms with Gasteiger partial charge in [0.25, 0.3) is 11.5 Å². The Balaban J connectivity index is 1.79. The fourth-order valence-corrected chi connectivity index (χ4v) is 3.23. The normalized spacial score (nSPS) is 10.8. The van der Waals surface area contributed by atoms with Crippen molar-refractivity contribution in [3.05, 3.63) is 63.1 Å². The van der Waals surface area contributed by atoms with Crippen molar-refractivity contribution in [2.75, 3.05) is 19.0 Å². The summed E-state index contributed by atoms with van der Waals surface area (Å²) in [6, 6.07) is 8.64. The molecule has 0 aliphatic heterocycles. The molecule has 2 heterocycles. The first-order valence-corrected chi connectivity index (χ1v) is 8.91. The highest BCUT2D eigenvalue weighted by molar-refractivity contribution is 7.16. The van der Waals surface area contributed by atoms with E-state index >= 15 is 0 Å². The highest BCUT2D eigenvalue weighted by Gasteiger charge is 2.15. The number of aromatic nitrogens is 3. The lowest BCUT2D eigenvalue weighted by atomic mass is 10.1. The van der Waals surface area contributed by atoms with Crippen LogP contribution in [0.3, 0.4) is 0 Å². The van der Waals surface area contributed by atoms with Gasteiger partial charge in [0.2, 0.25) is 0 Å². The quantitative estimate of drug-likeness (QED) is 0.702. The Morgan fingerprint density at radius 2 is 2.00 bits per heavy atom. The Morgan fingerprint density at radius 1 is 1.26 bits per heavy atom. The molecule has 1 amide bonds. The van der Waals surface area contributed by atoms with Crippen LogP contribution >= 0.6 is 11.3 Å². The minimum Gasteiger partial charge on any atom is -0.383 e. The van der Waals surface area contributed by atoms with Gasteiger partial charge in [0, 0.05) is 23.6 Å². The van der Waals surface area contributed by atoms with Crippen molar-refractivity contribution < 1.29 is 13.9 Å². The van der Waals surface area contributed by atoms with Crippen LogP contribution in [0.25, 0.3) is 11.3 Å². The molecule has 0 aliphatic carbocycles. The number of halogens is 1. The summed E-state index contributed by atoms with van der Waals surface area (Å²) in [4.78, 5) is 29.5. The van der Waals surface area contributed by atoms with Crippen LogP contribution in [-0.2, 0) is 11.3 Å². The summed E-state index contributed by atoms with van der Waals surface area (Å²) in [6.07, 6.45) is 0. The number of nitrogens with zero attached hydrogens (tertiary/aromatic N) is 3. The standard InChI is InChI=1S/C18H17FN4O3S/c1-11-16(12-3-5-13(19)6-4-12)20-18(27-11)21-17(25)14-7-8-15(24)23(22-14)9-10-26-2/h3-8H,9-10H2,1-2H3,(H,20,21,25). The third kappa shape index (κ3) is 4.44. The van der Waals surface area contributed by atoms with Crippen molar-refractivity contribution in [2.24, 2.45) is 0 Å². The van der Waals surface area contributed by atoms with Gasteiger partial charge in [-0.1, -0.05) is 0 Å². The van der Waals surface area contributed by atoms with Gasteiger partial charge in [0.1, 0.15) is 11.5 Å². The third-order valence-corrected chi connectivity index (χ3v) is 4.63. The van der Waals surface area contributed by atoms with Gasteiger partial charge in [-0.15, -0.1) is 11.3 Å². The SMILES string of the molecule is COCCn1nc(C(=O)Nc2nc(-c3ccc(F)cc3)c(C)s2)ccc1=O. The maximum atomic E-state index is 13.1. The van der Waals surface area contributed by atoms with Gasteiger partial charge in [-0.25, -0.2) is 14.1 Å². The van der Waals surface area contributed by atoms with Crippen molar-refractivity contribution in [3.8, 4) is 11.3 Å². The highest BCUT2D eigenvalue weighted by atomic mass is 32.1. The summed E-state index contributed by atoms with van der Waals surface area (Å²) in [5, 5.41) is 7.14. The zero-order valence-electron chi connectivity index (χ0n) is 14.7. The molecule has 3 rings (SSSR count). The number of hydrogen-bond donors (Lipinski definition) is 1. The number of methoxy groups -OCH3 is 1. The fraction of sp³-hybridized carbons (Fsp3) is 0.222. The molecule has 7 nitrogen and oxygen atoms in total. The van der Waals surface area contributed by atoms with Gasteiger partial charge < -0.3 is 4.74 Å². The third-order valence-electron chi connectivity index (χ3n) is 3.74. The lowest BCUT2D eigenvalue weighted by molar-refractivity contribution is 0.101. The van der Waals surface area contributed by atoms with E-state index < -0.39 is 5.91 Å². The van der Waals surface area contributed by atoms with Crippen LogP contribution in [-0.4, -0.2) is 34.4 Å². The Bertz CT molecular complexity index is 1010. The molecule has 0 unspecified atom stereocenters. The second kappa shape index (κ2) is 8.19. The molecule has 1 N–H and O–H groups in total. The molecular formula is C18H17FN4O3S. The van der Waals surface area contributed by atoms with Crippen molar-refractivity contribution in [2.45, 2.75) is 13.5 Å². The second-order valence-electron chi connectivity index (χ2n) is 5.66. The van der Waals surface area contributed by atoms with E-state index in [0.29, 0.717) is 17.4 Å². The number of thiazole rings is 1. The van der Waals surface area contributed by atoms with Gasteiger partial charge in [-0.05, 0) is 37.3 Å². The zero-order valence-corrected chi connectivity index (χ0v) is 15.5. The molecule has 27 heavy (non-hydrogen) atoms. The first kappa shape index (κ1) is 18.9. The van der Waals surface area contributed by atoms with Crippen molar-refractivity contribution in [1.82, 2.24) is 14.8 Å². The average Bonchev–Trinajstić information content (AvgIpc) is 3.01. The number of amides is 1. The van der Waals surface area contributed by atoms with E-state index in [2.05, 4.69) is 15.4 Å². The lowest BCUT2D eigenvalue weighted by Gasteiger charge is -2.06. The number of carbonyl (C=O) groups excluding carboxylic acids is 1. The van der Waals surface area contributed by atoms with Gasteiger partial charge in [-0.2, -0.15) is 5.10 Å². The molecule has 0 radical (unpaired) electrons. The molecular weight excluding hydrogens is 371 g/mol. The maximum Gasteiger partial charge on any atom is 0.277 e. The lowest BCUT2D eigenvalue weighted by Crippen LogP contribution is -2.27. The van der Waals surface area contributed by atoms with Gasteiger partial charge in [0.15, 0.2) is 5.13 Å². The monoisotopic (exact) mass is 388 g/mol. The summed E-state index contributed by atoms with van der Waals surface area (Å²) in [7, 11) is 1.52. The number of rotatable bonds is 6. The van der Waals surface area contributed by atoms with E-state index in [-0.39, 0.29) is 23.6 Å². The molecule has 0 bridgehead atoms. The fourth-order valence-electron chi connectivity index (χ4n) is 2.39. The number of hydrogen-bond acceptors (Lipinski definition) is 6. The van der Waals surface area contributed by atoms with Crippen LogP contribution < -0.4 is 10.9 Å². The Kier molecular flexibility index (Phi) is 5.72. The van der Waals surface area contributed by atoms with Crippen LogP contribution in [0.1, 0.15) is 15.4 Å². The summed E-state index contributed by atoms with van der Waals surface area (Å²) < 4.78 is 19.2. The van der Waals surface area contributed by atoms with E-state index in [1.165, 1.54) is 47.4 Å². The summed E-state index contributed by atoms with van der Waals surface area (Å²) in [5.41, 5.74) is 1.22. The van der Waals surface area contributed by atoms with Crippen molar-refractivity contribution >= 4 is 22.4 Å². The largest absolute Gasteiger partial charge is 0.383 e. The van der Waals surface area contributed by atoms with Crippen molar-refractivity contribution in [1.29, 1.82) is 0 Å². The number of carbonyl (C=O) groups is 1. The number of aryl methyl sites for hydroxylation is 1. The highest BCUT2D eigenvalue weighted by Crippen LogP contribution is 2.30. The van der Waals surface area contributed by atoms with E-state index in [1.54, 1.807) is 12.1 Å². The number of benzene rings is 1. The molecule has 0 spiro atoms. The van der Waals surface area contributed by atoms with E-state index in [1.807, 2.05) is 6.92 Å². The molecule has 0 saturated heterocycles. The van der Waals surface area contributed by atoms with Crippen LogP contribution in [0, 0.1) is 12.7 Å². The van der Waals surface area contributed by atoms with Crippen LogP contribution in [0.5, 0.6) is 0 Å². The van der Waals surface area contributed by atoms with Gasteiger partial charge in [-0.3, -0.25) is 14.9 Å². The van der Waals surface area contributed by atoms with Crippen LogP contribution in [0.2, 0.25) is 0 Å². The number of nitrogens with one attached hydrogen (secondary N) is 1. The molecule has 3 aromatic rings. The smallest absolute Gasteiger partial charge is 0.277 e. The molecule has 140 valence electrons. The second-order valence-corrected chi connectivity index (χ2v) is 6.86. The molecule has 0 atom stereocenters. The molecule has 9 heteroatoms. The van der Waals surface area contributed by atoms with E-state index in [9.17, 15) is 14.0 Å². The Morgan fingerprint density at radius 3 is 2.70 bits per heavy atom.